The largest absolute Gasteiger partial charge is 0.309 e. The summed E-state index contributed by atoms with van der Waals surface area (Å²) >= 11 is 1.76. The fourth-order valence-electron chi connectivity index (χ4n) is 8.82. The Morgan fingerprint density at radius 1 is 0.386 bits per heavy atom. The molecule has 0 saturated heterocycles. The van der Waals surface area contributed by atoms with E-state index in [-0.39, 0.29) is 0 Å². The number of rotatable bonds is 5. The Balaban J connectivity index is 1.20. The summed E-state index contributed by atoms with van der Waals surface area (Å²) in [6.45, 7) is 0. The first kappa shape index (κ1) is 32.0. The highest BCUT2D eigenvalue weighted by Crippen LogP contribution is 2.45. The van der Waals surface area contributed by atoms with Gasteiger partial charge in [0.15, 0.2) is 5.82 Å². The van der Waals surface area contributed by atoms with E-state index in [9.17, 15) is 0 Å². The summed E-state index contributed by atoms with van der Waals surface area (Å²) in [5.74, 6) is 0.708. The van der Waals surface area contributed by atoms with Crippen LogP contribution in [0.5, 0.6) is 0 Å². The van der Waals surface area contributed by atoms with Gasteiger partial charge in [-0.1, -0.05) is 127 Å². The van der Waals surface area contributed by atoms with Gasteiger partial charge in [0.05, 0.1) is 38.0 Å². The van der Waals surface area contributed by atoms with Crippen molar-refractivity contribution in [2.45, 2.75) is 0 Å². The van der Waals surface area contributed by atoms with Crippen LogP contribution in [-0.2, 0) is 0 Å². The predicted molar refractivity (Wildman–Crippen MR) is 240 cm³/mol. The molecule has 0 aliphatic heterocycles. The van der Waals surface area contributed by atoms with Crippen LogP contribution >= 0.6 is 11.3 Å². The van der Waals surface area contributed by atoms with Crippen LogP contribution in [0.1, 0.15) is 0 Å². The normalized spacial score (nSPS) is 11.9. The average Bonchev–Trinajstić information content (AvgIpc) is 3.94. The highest BCUT2D eigenvalue weighted by Gasteiger charge is 2.22. The zero-order valence-corrected chi connectivity index (χ0v) is 31.5. The van der Waals surface area contributed by atoms with E-state index < -0.39 is 0 Å². The summed E-state index contributed by atoms with van der Waals surface area (Å²) in [6.07, 6.45) is 0. The molecule has 266 valence electrons. The van der Waals surface area contributed by atoms with Crippen LogP contribution in [0.2, 0.25) is 0 Å². The number of hydrogen-bond donors (Lipinski definition) is 0. The van der Waals surface area contributed by atoms with E-state index in [1.54, 1.807) is 11.3 Å². The van der Waals surface area contributed by atoms with E-state index in [1.807, 2.05) is 0 Å². The Hall–Kier alpha value is -7.34. The van der Waals surface area contributed by atoms with Crippen molar-refractivity contribution in [2.75, 3.05) is 0 Å². The topological polar surface area (TPSA) is 35.6 Å². The molecule has 57 heavy (non-hydrogen) atoms. The third kappa shape index (κ3) is 4.93. The summed E-state index contributed by atoms with van der Waals surface area (Å²) in [7, 11) is 0. The fourth-order valence-corrected chi connectivity index (χ4v) is 9.97. The molecule has 0 N–H and O–H groups in total. The Bertz CT molecular complexity index is 3510. The summed E-state index contributed by atoms with van der Waals surface area (Å²) in [4.78, 5) is 10.9. The van der Waals surface area contributed by atoms with Crippen LogP contribution in [0.15, 0.2) is 194 Å². The maximum atomic E-state index is 5.45. The molecule has 12 rings (SSSR count). The van der Waals surface area contributed by atoms with Crippen molar-refractivity contribution in [1.82, 2.24) is 19.1 Å². The molecule has 0 saturated carbocycles. The predicted octanol–water partition coefficient (Wildman–Crippen LogP) is 14.0. The molecule has 8 aromatic carbocycles. The lowest BCUT2D eigenvalue weighted by Crippen LogP contribution is -1.97. The number of thiophene rings is 1. The van der Waals surface area contributed by atoms with E-state index in [2.05, 4.69) is 203 Å². The first-order valence-electron chi connectivity index (χ1n) is 19.3. The lowest BCUT2D eigenvalue weighted by molar-refractivity contribution is 1.18. The van der Waals surface area contributed by atoms with E-state index >= 15 is 0 Å². The molecule has 0 aliphatic carbocycles. The van der Waals surface area contributed by atoms with Gasteiger partial charge in [0.2, 0.25) is 0 Å². The quantitative estimate of drug-likeness (QED) is 0.176. The summed E-state index contributed by atoms with van der Waals surface area (Å²) in [5, 5.41) is 6.00. The van der Waals surface area contributed by atoms with Crippen molar-refractivity contribution >= 4 is 75.3 Å². The van der Waals surface area contributed by atoms with Crippen LogP contribution in [0.25, 0.3) is 109 Å². The van der Waals surface area contributed by atoms with Gasteiger partial charge < -0.3 is 9.13 Å². The van der Waals surface area contributed by atoms with Crippen molar-refractivity contribution in [1.29, 1.82) is 0 Å². The van der Waals surface area contributed by atoms with E-state index in [0.717, 1.165) is 66.0 Å². The first-order valence-corrected chi connectivity index (χ1v) is 20.1. The summed E-state index contributed by atoms with van der Waals surface area (Å²) < 4.78 is 7.08. The van der Waals surface area contributed by atoms with Gasteiger partial charge in [-0.25, -0.2) is 9.97 Å². The highest BCUT2D eigenvalue weighted by molar-refractivity contribution is 7.26. The molecule has 0 spiro atoms. The second kappa shape index (κ2) is 12.6. The van der Waals surface area contributed by atoms with Gasteiger partial charge in [-0.2, -0.15) is 0 Å². The molecule has 0 fully saturated rings. The lowest BCUT2D eigenvalue weighted by Gasteiger charge is -2.13. The molecule has 0 aliphatic rings. The molecular formula is C52H32N4S. The molecule has 0 atom stereocenters. The molecule has 0 unspecified atom stereocenters. The van der Waals surface area contributed by atoms with Crippen LogP contribution in [-0.4, -0.2) is 19.1 Å². The fraction of sp³-hybridized carbons (Fsp3) is 0. The van der Waals surface area contributed by atoms with E-state index in [1.165, 1.54) is 37.3 Å². The third-order valence-corrected chi connectivity index (χ3v) is 12.5. The number of aromatic nitrogens is 4. The zero-order chi connectivity index (χ0) is 37.5. The molecule has 0 amide bonds. The van der Waals surface area contributed by atoms with Gasteiger partial charge in [-0.15, -0.1) is 11.3 Å². The summed E-state index contributed by atoms with van der Waals surface area (Å²) in [5.41, 5.74) is 13.2. The molecule has 4 nitrogen and oxygen atoms in total. The minimum atomic E-state index is 0.708. The molecule has 0 bridgehead atoms. The number of para-hydroxylation sites is 4. The van der Waals surface area contributed by atoms with Crippen molar-refractivity contribution in [3.05, 3.63) is 194 Å². The third-order valence-electron chi connectivity index (χ3n) is 11.3. The molecule has 0 radical (unpaired) electrons. The number of fused-ring (bicyclic) bond motifs is 9. The number of nitrogens with zero attached hydrogens (tertiary/aromatic N) is 4. The number of hydrogen-bond acceptors (Lipinski definition) is 3. The standard InChI is InChI=1S/C52H32N4S/c1-4-16-33(17-5-1)49-51-50(40-24-12-15-27-47(40)57-51)54-52(53-49)35-31-41(48-39-23-11-14-26-44(39)56(46(48)32-35)37-20-8-3-9-21-37)34-28-29-45-42(30-34)38-22-10-13-25-43(38)55(45)36-18-6-2-7-19-36/h1-32H. The van der Waals surface area contributed by atoms with Gasteiger partial charge in [0.25, 0.3) is 0 Å². The Kier molecular flexibility index (Phi) is 7.06. The molecular weight excluding hydrogens is 713 g/mol. The minimum Gasteiger partial charge on any atom is -0.309 e. The maximum Gasteiger partial charge on any atom is 0.160 e. The van der Waals surface area contributed by atoms with Crippen molar-refractivity contribution in [3.63, 3.8) is 0 Å². The Morgan fingerprint density at radius 3 is 1.70 bits per heavy atom. The van der Waals surface area contributed by atoms with Crippen molar-refractivity contribution < 1.29 is 0 Å². The molecule has 5 heteroatoms. The zero-order valence-electron chi connectivity index (χ0n) is 30.7. The SMILES string of the molecule is c1ccc(-c2nc(-c3cc(-c4ccc5c(c4)c4ccccc4n5-c4ccccc4)c4c5ccccc5n(-c5ccccc5)c4c3)nc3c2sc2ccccc23)cc1. The highest BCUT2D eigenvalue weighted by atomic mass is 32.1. The number of benzene rings is 8. The smallest absolute Gasteiger partial charge is 0.160 e. The van der Waals surface area contributed by atoms with E-state index in [0.29, 0.717) is 5.82 Å². The second-order valence-corrected chi connectivity index (χ2v) is 15.6. The molecule has 4 heterocycles. The first-order chi connectivity index (χ1) is 28.3. The van der Waals surface area contributed by atoms with Crippen molar-refractivity contribution in [3.8, 4) is 45.1 Å². The Labute approximate surface area is 332 Å². The van der Waals surface area contributed by atoms with Crippen LogP contribution in [0.4, 0.5) is 0 Å². The van der Waals surface area contributed by atoms with Crippen molar-refractivity contribution in [2.24, 2.45) is 0 Å². The van der Waals surface area contributed by atoms with Gasteiger partial charge in [-0.05, 0) is 77.9 Å². The van der Waals surface area contributed by atoms with E-state index in [4.69, 9.17) is 9.97 Å². The molecule has 4 aromatic heterocycles. The monoisotopic (exact) mass is 744 g/mol. The Morgan fingerprint density at radius 2 is 0.965 bits per heavy atom. The maximum absolute atomic E-state index is 5.45. The van der Waals surface area contributed by atoms with Gasteiger partial charge in [-0.3, -0.25) is 0 Å². The van der Waals surface area contributed by atoms with Crippen LogP contribution < -0.4 is 0 Å². The van der Waals surface area contributed by atoms with Gasteiger partial charge in [0, 0.05) is 54.1 Å². The van der Waals surface area contributed by atoms with Crippen LogP contribution in [0, 0.1) is 0 Å². The molecule has 12 aromatic rings. The van der Waals surface area contributed by atoms with Gasteiger partial charge >= 0.3 is 0 Å². The summed E-state index contributed by atoms with van der Waals surface area (Å²) in [6, 6.07) is 69.6. The minimum absolute atomic E-state index is 0.708. The average molecular weight is 745 g/mol. The van der Waals surface area contributed by atoms with Gasteiger partial charge in [0.1, 0.15) is 0 Å². The second-order valence-electron chi connectivity index (χ2n) is 14.6. The lowest BCUT2D eigenvalue weighted by atomic mass is 9.95. The van der Waals surface area contributed by atoms with Crippen LogP contribution in [0.3, 0.4) is 0 Å².